The molecule has 2 aromatic rings. The van der Waals surface area contributed by atoms with Crippen LogP contribution in [0.2, 0.25) is 5.02 Å². The molecule has 3 nitrogen and oxygen atoms in total. The second-order valence-electron chi connectivity index (χ2n) is 5.18. The zero-order chi connectivity index (χ0) is 15.4. The number of rotatable bonds is 4. The third-order valence-electron chi connectivity index (χ3n) is 3.58. The van der Waals surface area contributed by atoms with Crippen LogP contribution in [-0.4, -0.2) is 5.91 Å². The number of carbonyl (C=O) groups is 1. The SMILES string of the molecule is Cc1ccc(NC(=O)C(C)C(N)c2ccccc2)cc1Cl. The summed E-state index contributed by atoms with van der Waals surface area (Å²) in [5.41, 5.74) is 8.77. The number of hydrogen-bond donors (Lipinski definition) is 2. The van der Waals surface area contributed by atoms with Crippen LogP contribution in [0.5, 0.6) is 0 Å². The molecule has 0 aliphatic carbocycles. The molecule has 4 heteroatoms. The zero-order valence-corrected chi connectivity index (χ0v) is 12.9. The predicted octanol–water partition coefficient (Wildman–Crippen LogP) is 3.92. The van der Waals surface area contributed by atoms with Crippen LogP contribution in [0.3, 0.4) is 0 Å². The Balaban J connectivity index is 2.07. The van der Waals surface area contributed by atoms with Crippen LogP contribution in [-0.2, 0) is 4.79 Å². The highest BCUT2D eigenvalue weighted by atomic mass is 35.5. The molecule has 0 aliphatic heterocycles. The third-order valence-corrected chi connectivity index (χ3v) is 3.98. The normalized spacial score (nSPS) is 13.5. The molecule has 0 radical (unpaired) electrons. The zero-order valence-electron chi connectivity index (χ0n) is 12.1. The molecule has 0 saturated carbocycles. The van der Waals surface area contributed by atoms with Crippen molar-refractivity contribution in [1.82, 2.24) is 0 Å². The van der Waals surface area contributed by atoms with Gasteiger partial charge >= 0.3 is 0 Å². The molecule has 3 N–H and O–H groups in total. The Morgan fingerprint density at radius 3 is 2.48 bits per heavy atom. The highest BCUT2D eigenvalue weighted by Gasteiger charge is 2.22. The lowest BCUT2D eigenvalue weighted by atomic mass is 9.94. The van der Waals surface area contributed by atoms with E-state index in [9.17, 15) is 4.79 Å². The van der Waals surface area contributed by atoms with Gasteiger partial charge in [0, 0.05) is 16.8 Å². The van der Waals surface area contributed by atoms with Crippen molar-refractivity contribution < 1.29 is 4.79 Å². The summed E-state index contributed by atoms with van der Waals surface area (Å²) in [5, 5.41) is 3.49. The van der Waals surface area contributed by atoms with Crippen molar-refractivity contribution in [2.75, 3.05) is 5.32 Å². The minimum Gasteiger partial charge on any atom is -0.326 e. The van der Waals surface area contributed by atoms with E-state index in [1.54, 1.807) is 6.07 Å². The van der Waals surface area contributed by atoms with Crippen LogP contribution in [0.25, 0.3) is 0 Å². The lowest BCUT2D eigenvalue weighted by Crippen LogP contribution is -2.30. The number of halogens is 1. The minimum absolute atomic E-state index is 0.119. The van der Waals surface area contributed by atoms with Gasteiger partial charge in [-0.1, -0.05) is 54.9 Å². The Bertz CT molecular complexity index is 628. The molecule has 2 aromatic carbocycles. The van der Waals surface area contributed by atoms with Crippen LogP contribution in [0, 0.1) is 12.8 Å². The summed E-state index contributed by atoms with van der Waals surface area (Å²) < 4.78 is 0. The van der Waals surface area contributed by atoms with Crippen molar-refractivity contribution in [3.63, 3.8) is 0 Å². The second kappa shape index (κ2) is 6.74. The first-order valence-electron chi connectivity index (χ1n) is 6.86. The van der Waals surface area contributed by atoms with Gasteiger partial charge in [0.2, 0.25) is 5.91 Å². The topological polar surface area (TPSA) is 55.1 Å². The van der Waals surface area contributed by atoms with Crippen molar-refractivity contribution in [3.8, 4) is 0 Å². The van der Waals surface area contributed by atoms with Crippen LogP contribution < -0.4 is 11.1 Å². The van der Waals surface area contributed by atoms with Gasteiger partial charge in [-0.25, -0.2) is 0 Å². The first-order valence-corrected chi connectivity index (χ1v) is 7.24. The molecular formula is C17H19ClN2O. The van der Waals surface area contributed by atoms with E-state index < -0.39 is 0 Å². The number of carbonyl (C=O) groups excluding carboxylic acids is 1. The molecule has 2 atom stereocenters. The summed E-state index contributed by atoms with van der Waals surface area (Å²) in [6, 6.07) is 14.7. The van der Waals surface area contributed by atoms with E-state index in [1.165, 1.54) is 0 Å². The maximum atomic E-state index is 12.3. The summed E-state index contributed by atoms with van der Waals surface area (Å²) in [6.45, 7) is 3.74. The van der Waals surface area contributed by atoms with E-state index in [0.29, 0.717) is 10.7 Å². The van der Waals surface area contributed by atoms with Crippen molar-refractivity contribution in [2.45, 2.75) is 19.9 Å². The predicted molar refractivity (Wildman–Crippen MR) is 87.4 cm³/mol. The van der Waals surface area contributed by atoms with E-state index >= 15 is 0 Å². The molecule has 0 heterocycles. The number of aryl methyl sites for hydroxylation is 1. The standard InChI is InChI=1S/C17H19ClN2O/c1-11-8-9-14(10-15(11)18)20-17(21)12(2)16(19)13-6-4-3-5-7-13/h3-10,12,16H,19H2,1-2H3,(H,20,21). The molecule has 110 valence electrons. The Hall–Kier alpha value is -1.84. The van der Waals surface area contributed by atoms with Crippen molar-refractivity contribution in [3.05, 3.63) is 64.7 Å². The number of nitrogens with one attached hydrogen (secondary N) is 1. The molecule has 0 bridgehead atoms. The monoisotopic (exact) mass is 302 g/mol. The largest absolute Gasteiger partial charge is 0.326 e. The Labute approximate surface area is 130 Å². The molecular weight excluding hydrogens is 284 g/mol. The molecule has 0 fully saturated rings. The molecule has 0 spiro atoms. The minimum atomic E-state index is -0.341. The molecule has 0 aliphatic rings. The molecule has 1 amide bonds. The van der Waals surface area contributed by atoms with Gasteiger partial charge in [-0.15, -0.1) is 0 Å². The van der Waals surface area contributed by atoms with E-state index in [4.69, 9.17) is 17.3 Å². The van der Waals surface area contributed by atoms with Crippen LogP contribution in [0.4, 0.5) is 5.69 Å². The van der Waals surface area contributed by atoms with Crippen LogP contribution in [0.15, 0.2) is 48.5 Å². The fourth-order valence-electron chi connectivity index (χ4n) is 2.05. The molecule has 2 unspecified atom stereocenters. The van der Waals surface area contributed by atoms with Crippen molar-refractivity contribution in [1.29, 1.82) is 0 Å². The van der Waals surface area contributed by atoms with Crippen molar-refractivity contribution >= 4 is 23.2 Å². The average Bonchev–Trinajstić information content (AvgIpc) is 2.50. The Morgan fingerprint density at radius 1 is 1.19 bits per heavy atom. The number of amides is 1. The molecule has 21 heavy (non-hydrogen) atoms. The Morgan fingerprint density at radius 2 is 1.86 bits per heavy atom. The summed E-state index contributed by atoms with van der Waals surface area (Å²) in [6.07, 6.45) is 0. The third kappa shape index (κ3) is 3.84. The lowest BCUT2D eigenvalue weighted by Gasteiger charge is -2.20. The van der Waals surface area contributed by atoms with E-state index in [2.05, 4.69) is 5.32 Å². The highest BCUT2D eigenvalue weighted by molar-refractivity contribution is 6.31. The number of nitrogens with two attached hydrogens (primary N) is 1. The average molecular weight is 303 g/mol. The van der Waals surface area contributed by atoms with E-state index in [1.807, 2.05) is 56.3 Å². The molecule has 0 saturated heterocycles. The van der Waals surface area contributed by atoms with Gasteiger partial charge in [0.05, 0.1) is 5.92 Å². The van der Waals surface area contributed by atoms with Gasteiger partial charge < -0.3 is 11.1 Å². The first kappa shape index (κ1) is 15.5. The number of hydrogen-bond acceptors (Lipinski definition) is 2. The Kier molecular flexibility index (Phi) is 4.99. The second-order valence-corrected chi connectivity index (χ2v) is 5.59. The maximum absolute atomic E-state index is 12.3. The van der Waals surface area contributed by atoms with Gasteiger partial charge in [-0.2, -0.15) is 0 Å². The summed E-state index contributed by atoms with van der Waals surface area (Å²) in [5.74, 6) is -0.459. The van der Waals surface area contributed by atoms with E-state index in [-0.39, 0.29) is 17.9 Å². The number of anilines is 1. The van der Waals surface area contributed by atoms with Crippen LogP contribution >= 0.6 is 11.6 Å². The van der Waals surface area contributed by atoms with E-state index in [0.717, 1.165) is 11.1 Å². The van der Waals surface area contributed by atoms with Gasteiger partial charge in [0.25, 0.3) is 0 Å². The van der Waals surface area contributed by atoms with Crippen LogP contribution in [0.1, 0.15) is 24.1 Å². The smallest absolute Gasteiger partial charge is 0.229 e. The van der Waals surface area contributed by atoms with Gasteiger partial charge in [-0.3, -0.25) is 4.79 Å². The fourth-order valence-corrected chi connectivity index (χ4v) is 2.23. The first-order chi connectivity index (χ1) is 9.99. The van der Waals surface area contributed by atoms with Gasteiger partial charge in [-0.05, 0) is 30.2 Å². The van der Waals surface area contributed by atoms with Crippen molar-refractivity contribution in [2.24, 2.45) is 11.7 Å². The van der Waals surface area contributed by atoms with Gasteiger partial charge in [0.15, 0.2) is 0 Å². The highest BCUT2D eigenvalue weighted by Crippen LogP contribution is 2.23. The summed E-state index contributed by atoms with van der Waals surface area (Å²) in [7, 11) is 0. The quantitative estimate of drug-likeness (QED) is 0.899. The maximum Gasteiger partial charge on any atom is 0.229 e. The molecule has 2 rings (SSSR count). The fraction of sp³-hybridized carbons (Fsp3) is 0.235. The lowest BCUT2D eigenvalue weighted by molar-refractivity contribution is -0.120. The number of benzene rings is 2. The van der Waals surface area contributed by atoms with Gasteiger partial charge in [0.1, 0.15) is 0 Å². The summed E-state index contributed by atoms with van der Waals surface area (Å²) >= 11 is 6.06. The molecule has 0 aromatic heterocycles. The summed E-state index contributed by atoms with van der Waals surface area (Å²) in [4.78, 5) is 12.3.